The summed E-state index contributed by atoms with van der Waals surface area (Å²) in [6.07, 6.45) is 1.77. The molecule has 1 amide bonds. The Balaban J connectivity index is 2.01. The van der Waals surface area contributed by atoms with Gasteiger partial charge >= 0.3 is 0 Å². The highest BCUT2D eigenvalue weighted by molar-refractivity contribution is 5.99. The van der Waals surface area contributed by atoms with E-state index in [4.69, 9.17) is 4.84 Å². The van der Waals surface area contributed by atoms with Crippen LogP contribution in [0.5, 0.6) is 0 Å². The zero-order valence-electron chi connectivity index (χ0n) is 13.7. The van der Waals surface area contributed by atoms with Gasteiger partial charge in [-0.15, -0.1) is 0 Å². The van der Waals surface area contributed by atoms with Crippen LogP contribution in [0.15, 0.2) is 66.9 Å². The summed E-state index contributed by atoms with van der Waals surface area (Å²) in [7, 11) is 3.06. The Morgan fingerprint density at radius 1 is 1.08 bits per heavy atom. The Hall–Kier alpha value is -2.92. The van der Waals surface area contributed by atoms with Crippen LogP contribution in [0.4, 0.5) is 0 Å². The van der Waals surface area contributed by atoms with Crippen LogP contribution in [0.1, 0.15) is 15.9 Å². The fraction of sp³-hybridized carbons (Fsp3) is 0.158. The van der Waals surface area contributed by atoms with Crippen LogP contribution in [0.2, 0.25) is 0 Å². The van der Waals surface area contributed by atoms with Crippen molar-refractivity contribution in [3.05, 3.63) is 78.0 Å². The molecule has 0 bridgehead atoms. The normalized spacial score (nSPS) is 10.6. The Morgan fingerprint density at radius 2 is 1.71 bits per heavy atom. The Kier molecular flexibility index (Phi) is 4.72. The zero-order chi connectivity index (χ0) is 16.9. The number of nitrogens with zero attached hydrogens (tertiary/aromatic N) is 3. The molecule has 0 aliphatic rings. The van der Waals surface area contributed by atoms with E-state index in [0.29, 0.717) is 17.8 Å². The highest BCUT2D eigenvalue weighted by Crippen LogP contribution is 2.23. The van der Waals surface area contributed by atoms with Crippen LogP contribution in [-0.4, -0.2) is 34.9 Å². The summed E-state index contributed by atoms with van der Waals surface area (Å²) in [5.74, 6) is -0.226. The third kappa shape index (κ3) is 3.36. The summed E-state index contributed by atoms with van der Waals surface area (Å²) < 4.78 is 1.79. The molecule has 0 saturated carbocycles. The van der Waals surface area contributed by atoms with Crippen molar-refractivity contribution < 1.29 is 9.63 Å². The second-order valence-corrected chi connectivity index (χ2v) is 5.43. The van der Waals surface area contributed by atoms with Gasteiger partial charge in [0.1, 0.15) is 5.69 Å². The van der Waals surface area contributed by atoms with Crippen LogP contribution >= 0.6 is 0 Å². The maximum absolute atomic E-state index is 12.6. The molecule has 5 nitrogen and oxygen atoms in total. The van der Waals surface area contributed by atoms with Gasteiger partial charge in [0.25, 0.3) is 5.91 Å². The molecule has 3 rings (SSSR count). The van der Waals surface area contributed by atoms with E-state index < -0.39 is 0 Å². The number of aromatic nitrogens is 2. The summed E-state index contributed by atoms with van der Waals surface area (Å²) in [6.45, 7) is 0.602. The fourth-order valence-electron chi connectivity index (χ4n) is 2.49. The number of carbonyl (C=O) groups is 1. The van der Waals surface area contributed by atoms with Crippen molar-refractivity contribution in [1.29, 1.82) is 0 Å². The van der Waals surface area contributed by atoms with Gasteiger partial charge in [0, 0.05) is 18.8 Å². The summed E-state index contributed by atoms with van der Waals surface area (Å²) in [5, 5.41) is 5.83. The number of hydroxylamine groups is 2. The van der Waals surface area contributed by atoms with Crippen molar-refractivity contribution in [2.24, 2.45) is 0 Å². The first-order valence-corrected chi connectivity index (χ1v) is 7.68. The lowest BCUT2D eigenvalue weighted by atomic mass is 10.1. The largest absolute Gasteiger partial charge is 0.280 e. The molecular formula is C19H19N3O2. The molecule has 0 aliphatic heterocycles. The molecule has 122 valence electrons. The summed E-state index contributed by atoms with van der Waals surface area (Å²) in [4.78, 5) is 17.6. The molecule has 0 fully saturated rings. The molecule has 0 N–H and O–H groups in total. The van der Waals surface area contributed by atoms with Gasteiger partial charge in [0.2, 0.25) is 0 Å². The average molecular weight is 321 g/mol. The average Bonchev–Trinajstić information content (AvgIpc) is 3.05. The summed E-state index contributed by atoms with van der Waals surface area (Å²) in [5.41, 5.74) is 3.19. The van der Waals surface area contributed by atoms with Crippen LogP contribution in [-0.2, 0) is 11.4 Å². The molecule has 0 atom stereocenters. The molecule has 2 aromatic carbocycles. The van der Waals surface area contributed by atoms with E-state index in [2.05, 4.69) is 5.10 Å². The highest BCUT2D eigenvalue weighted by atomic mass is 16.7. The molecule has 5 heteroatoms. The Morgan fingerprint density at radius 3 is 2.33 bits per heavy atom. The SMILES string of the molecule is CON(C)C(=O)c1cn(Cc2ccccc2)nc1-c1ccccc1. The number of hydrogen-bond acceptors (Lipinski definition) is 3. The number of rotatable bonds is 5. The maximum atomic E-state index is 12.6. The van der Waals surface area contributed by atoms with Gasteiger partial charge in [-0.1, -0.05) is 60.7 Å². The zero-order valence-corrected chi connectivity index (χ0v) is 13.7. The minimum atomic E-state index is -0.226. The standard InChI is InChI=1S/C19H19N3O2/c1-21(24-2)19(23)17-14-22(13-15-9-5-3-6-10-15)20-18(17)16-11-7-4-8-12-16/h3-12,14H,13H2,1-2H3. The Bertz CT molecular complexity index is 813. The Labute approximate surface area is 141 Å². The quantitative estimate of drug-likeness (QED) is 0.678. The van der Waals surface area contributed by atoms with Gasteiger partial charge < -0.3 is 0 Å². The monoisotopic (exact) mass is 321 g/mol. The predicted molar refractivity (Wildman–Crippen MR) is 92.3 cm³/mol. The van der Waals surface area contributed by atoms with Gasteiger partial charge in [0.15, 0.2) is 0 Å². The third-order valence-electron chi connectivity index (χ3n) is 3.79. The predicted octanol–water partition coefficient (Wildman–Crippen LogP) is 3.23. The topological polar surface area (TPSA) is 47.4 Å². The molecule has 0 unspecified atom stereocenters. The van der Waals surface area contributed by atoms with E-state index in [1.165, 1.54) is 12.2 Å². The number of amides is 1. The van der Waals surface area contributed by atoms with E-state index in [0.717, 1.165) is 11.1 Å². The van der Waals surface area contributed by atoms with Crippen molar-refractivity contribution >= 4 is 5.91 Å². The van der Waals surface area contributed by atoms with Crippen LogP contribution in [0.25, 0.3) is 11.3 Å². The minimum absolute atomic E-state index is 0.226. The third-order valence-corrected chi connectivity index (χ3v) is 3.79. The molecule has 1 aromatic heterocycles. The second kappa shape index (κ2) is 7.10. The van der Waals surface area contributed by atoms with Crippen molar-refractivity contribution in [2.75, 3.05) is 14.2 Å². The first kappa shape index (κ1) is 16.0. The van der Waals surface area contributed by atoms with Gasteiger partial charge in [0.05, 0.1) is 19.2 Å². The van der Waals surface area contributed by atoms with Crippen molar-refractivity contribution in [3.63, 3.8) is 0 Å². The molecule has 0 spiro atoms. The maximum Gasteiger partial charge on any atom is 0.280 e. The first-order chi connectivity index (χ1) is 11.7. The van der Waals surface area contributed by atoms with Crippen molar-refractivity contribution in [3.8, 4) is 11.3 Å². The minimum Gasteiger partial charge on any atom is -0.274 e. The lowest BCUT2D eigenvalue weighted by molar-refractivity contribution is -0.0756. The van der Waals surface area contributed by atoms with Crippen LogP contribution < -0.4 is 0 Å². The van der Waals surface area contributed by atoms with Crippen molar-refractivity contribution in [2.45, 2.75) is 6.54 Å². The van der Waals surface area contributed by atoms with E-state index in [-0.39, 0.29) is 5.91 Å². The van der Waals surface area contributed by atoms with Crippen LogP contribution in [0.3, 0.4) is 0 Å². The number of benzene rings is 2. The highest BCUT2D eigenvalue weighted by Gasteiger charge is 2.21. The van der Waals surface area contributed by atoms with E-state index in [1.807, 2.05) is 60.7 Å². The van der Waals surface area contributed by atoms with Gasteiger partial charge in [-0.3, -0.25) is 14.3 Å². The summed E-state index contributed by atoms with van der Waals surface area (Å²) in [6, 6.07) is 19.7. The van der Waals surface area contributed by atoms with E-state index >= 15 is 0 Å². The molecule has 3 aromatic rings. The molecular weight excluding hydrogens is 302 g/mol. The van der Waals surface area contributed by atoms with Gasteiger partial charge in [-0.05, 0) is 5.56 Å². The number of carbonyl (C=O) groups excluding carboxylic acids is 1. The smallest absolute Gasteiger partial charge is 0.274 e. The molecule has 24 heavy (non-hydrogen) atoms. The van der Waals surface area contributed by atoms with Crippen LogP contribution in [0, 0.1) is 0 Å². The second-order valence-electron chi connectivity index (χ2n) is 5.43. The lowest BCUT2D eigenvalue weighted by Gasteiger charge is -2.13. The van der Waals surface area contributed by atoms with Gasteiger partial charge in [-0.2, -0.15) is 5.10 Å². The van der Waals surface area contributed by atoms with Gasteiger partial charge in [-0.25, -0.2) is 5.06 Å². The van der Waals surface area contributed by atoms with E-state index in [9.17, 15) is 4.79 Å². The molecule has 0 saturated heterocycles. The number of hydrogen-bond donors (Lipinski definition) is 0. The molecule has 0 radical (unpaired) electrons. The van der Waals surface area contributed by atoms with E-state index in [1.54, 1.807) is 17.9 Å². The van der Waals surface area contributed by atoms with Crippen molar-refractivity contribution in [1.82, 2.24) is 14.8 Å². The molecule has 1 heterocycles. The summed E-state index contributed by atoms with van der Waals surface area (Å²) >= 11 is 0. The first-order valence-electron chi connectivity index (χ1n) is 7.68. The fourth-order valence-corrected chi connectivity index (χ4v) is 2.49. The molecule has 0 aliphatic carbocycles. The lowest BCUT2D eigenvalue weighted by Crippen LogP contribution is -2.25.